The molecule has 2 N–H and O–H groups in total. The van der Waals surface area contributed by atoms with Crippen molar-refractivity contribution >= 4 is 28.0 Å². The Bertz CT molecular complexity index is 1210. The number of hydrogen-bond acceptors (Lipinski definition) is 5. The monoisotopic (exact) mass is 350 g/mol. The highest BCUT2D eigenvalue weighted by Crippen LogP contribution is 2.29. The van der Waals surface area contributed by atoms with Crippen molar-refractivity contribution in [3.05, 3.63) is 64.8 Å². The molecular formula is C19H14N2O5. The van der Waals surface area contributed by atoms with Gasteiger partial charge in [0, 0.05) is 17.1 Å². The van der Waals surface area contributed by atoms with Crippen LogP contribution in [0.4, 0.5) is 0 Å². The minimum absolute atomic E-state index is 0.145. The Balaban J connectivity index is 1.88. The van der Waals surface area contributed by atoms with Gasteiger partial charge in [0.05, 0.1) is 17.6 Å². The van der Waals surface area contributed by atoms with Gasteiger partial charge in [0.15, 0.2) is 5.58 Å². The van der Waals surface area contributed by atoms with Gasteiger partial charge in [-0.1, -0.05) is 12.1 Å². The molecule has 7 heteroatoms. The standard InChI is InChI=1S/C19H14N2O5/c22-10-14-7-13(6-12-2-1-5-20-18(12)14)11-3-4-15-16(8-11)26-19(25)21(15)9-17(23)24/h1-8,22H,9-10H2,(H,23,24). The molecule has 4 rings (SSSR count). The first-order valence-electron chi connectivity index (χ1n) is 7.91. The maximum absolute atomic E-state index is 11.9. The molecule has 0 fully saturated rings. The summed E-state index contributed by atoms with van der Waals surface area (Å²) in [6.45, 7) is -0.602. The number of carbonyl (C=O) groups is 1. The Kier molecular flexibility index (Phi) is 3.78. The van der Waals surface area contributed by atoms with E-state index in [1.807, 2.05) is 24.3 Å². The third-order valence-electron chi connectivity index (χ3n) is 4.25. The molecule has 0 spiro atoms. The first kappa shape index (κ1) is 16.0. The van der Waals surface area contributed by atoms with Crippen LogP contribution in [0.15, 0.2) is 57.9 Å². The van der Waals surface area contributed by atoms with Crippen molar-refractivity contribution in [2.45, 2.75) is 13.2 Å². The molecule has 0 aliphatic heterocycles. The number of benzene rings is 2. The largest absolute Gasteiger partial charge is 0.480 e. The fourth-order valence-electron chi connectivity index (χ4n) is 3.09. The summed E-state index contributed by atoms with van der Waals surface area (Å²) < 4.78 is 6.26. The Morgan fingerprint density at radius 1 is 1.15 bits per heavy atom. The van der Waals surface area contributed by atoms with Crippen molar-refractivity contribution in [3.8, 4) is 11.1 Å². The van der Waals surface area contributed by atoms with E-state index in [0.29, 0.717) is 16.7 Å². The molecule has 2 heterocycles. The molecule has 0 radical (unpaired) electrons. The van der Waals surface area contributed by atoms with E-state index >= 15 is 0 Å². The molecule has 0 atom stereocenters. The zero-order valence-corrected chi connectivity index (χ0v) is 13.5. The molecule has 0 saturated heterocycles. The van der Waals surface area contributed by atoms with E-state index in [1.54, 1.807) is 24.4 Å². The molecule has 130 valence electrons. The van der Waals surface area contributed by atoms with Gasteiger partial charge < -0.3 is 14.6 Å². The van der Waals surface area contributed by atoms with Crippen LogP contribution in [0.1, 0.15) is 5.56 Å². The van der Waals surface area contributed by atoms with E-state index in [9.17, 15) is 14.7 Å². The summed E-state index contributed by atoms with van der Waals surface area (Å²) in [5.41, 5.74) is 3.79. The molecule has 0 aliphatic carbocycles. The second kappa shape index (κ2) is 6.12. The van der Waals surface area contributed by atoms with Gasteiger partial charge in [0.25, 0.3) is 0 Å². The number of fused-ring (bicyclic) bond motifs is 2. The Labute approximate surface area is 146 Å². The summed E-state index contributed by atoms with van der Waals surface area (Å²) >= 11 is 0. The van der Waals surface area contributed by atoms with E-state index in [0.717, 1.165) is 26.6 Å². The maximum Gasteiger partial charge on any atom is 0.420 e. The van der Waals surface area contributed by atoms with E-state index in [1.165, 1.54) is 0 Å². The average Bonchev–Trinajstić information content (AvgIpc) is 2.95. The van der Waals surface area contributed by atoms with Crippen molar-refractivity contribution in [1.82, 2.24) is 9.55 Å². The minimum Gasteiger partial charge on any atom is -0.480 e. The SMILES string of the molecule is O=C(O)Cn1c(=O)oc2cc(-c3cc(CO)c4ncccc4c3)ccc21. The van der Waals surface area contributed by atoms with Crippen LogP contribution in [0.25, 0.3) is 33.1 Å². The molecule has 0 aliphatic rings. The summed E-state index contributed by atoms with van der Waals surface area (Å²) in [5.74, 6) is -1.83. The smallest absolute Gasteiger partial charge is 0.420 e. The van der Waals surface area contributed by atoms with Crippen molar-refractivity contribution in [1.29, 1.82) is 0 Å². The van der Waals surface area contributed by atoms with E-state index < -0.39 is 18.3 Å². The molecule has 2 aromatic carbocycles. The Morgan fingerprint density at radius 2 is 2.00 bits per heavy atom. The van der Waals surface area contributed by atoms with Crippen LogP contribution in [-0.2, 0) is 17.9 Å². The normalized spacial score (nSPS) is 11.3. The van der Waals surface area contributed by atoms with Gasteiger partial charge in [-0.05, 0) is 41.5 Å². The molecular weight excluding hydrogens is 336 g/mol. The molecule has 0 bridgehead atoms. The van der Waals surface area contributed by atoms with Gasteiger partial charge >= 0.3 is 11.7 Å². The highest BCUT2D eigenvalue weighted by atomic mass is 16.4. The lowest BCUT2D eigenvalue weighted by Crippen LogP contribution is -2.19. The summed E-state index contributed by atoms with van der Waals surface area (Å²) in [5, 5.41) is 19.5. The third-order valence-corrected chi connectivity index (χ3v) is 4.25. The van der Waals surface area contributed by atoms with Gasteiger partial charge in [-0.3, -0.25) is 14.3 Å². The summed E-state index contributed by atoms with van der Waals surface area (Å²) in [4.78, 5) is 27.1. The molecule has 0 saturated carbocycles. The predicted molar refractivity (Wildman–Crippen MR) is 94.8 cm³/mol. The number of nitrogens with zero attached hydrogens (tertiary/aromatic N) is 2. The maximum atomic E-state index is 11.9. The fourth-order valence-corrected chi connectivity index (χ4v) is 3.09. The van der Waals surface area contributed by atoms with Crippen LogP contribution in [0, 0.1) is 0 Å². The van der Waals surface area contributed by atoms with Crippen LogP contribution in [0.3, 0.4) is 0 Å². The number of aliphatic hydroxyl groups is 1. The van der Waals surface area contributed by atoms with Crippen LogP contribution in [-0.4, -0.2) is 25.7 Å². The van der Waals surface area contributed by atoms with Gasteiger partial charge in [-0.2, -0.15) is 0 Å². The molecule has 0 unspecified atom stereocenters. The number of aliphatic hydroxyl groups excluding tert-OH is 1. The zero-order valence-electron chi connectivity index (χ0n) is 13.5. The fraction of sp³-hybridized carbons (Fsp3) is 0.105. The van der Waals surface area contributed by atoms with E-state index in [4.69, 9.17) is 9.52 Å². The molecule has 0 amide bonds. The number of aromatic nitrogens is 2. The van der Waals surface area contributed by atoms with Crippen LogP contribution in [0.2, 0.25) is 0 Å². The number of rotatable bonds is 4. The molecule has 4 aromatic rings. The first-order chi connectivity index (χ1) is 12.6. The number of carboxylic acids is 1. The third kappa shape index (κ3) is 2.64. The van der Waals surface area contributed by atoms with E-state index in [-0.39, 0.29) is 6.61 Å². The van der Waals surface area contributed by atoms with Crippen LogP contribution < -0.4 is 5.76 Å². The van der Waals surface area contributed by atoms with Gasteiger partial charge in [-0.25, -0.2) is 4.79 Å². The highest BCUT2D eigenvalue weighted by Gasteiger charge is 2.14. The lowest BCUT2D eigenvalue weighted by Gasteiger charge is -2.08. The average molecular weight is 350 g/mol. The number of hydrogen-bond donors (Lipinski definition) is 2. The lowest BCUT2D eigenvalue weighted by molar-refractivity contribution is -0.137. The Morgan fingerprint density at radius 3 is 2.77 bits per heavy atom. The molecule has 26 heavy (non-hydrogen) atoms. The number of oxazole rings is 1. The van der Waals surface area contributed by atoms with Gasteiger partial charge in [0.2, 0.25) is 0 Å². The second-order valence-corrected chi connectivity index (χ2v) is 5.90. The van der Waals surface area contributed by atoms with Crippen molar-refractivity contribution in [2.24, 2.45) is 0 Å². The number of pyridine rings is 1. The van der Waals surface area contributed by atoms with Crippen LogP contribution >= 0.6 is 0 Å². The number of aliphatic carboxylic acids is 1. The molecule has 2 aromatic heterocycles. The quantitative estimate of drug-likeness (QED) is 0.585. The predicted octanol–water partition coefficient (Wildman–Crippen LogP) is 2.39. The second-order valence-electron chi connectivity index (χ2n) is 5.90. The van der Waals surface area contributed by atoms with Gasteiger partial charge in [-0.15, -0.1) is 0 Å². The van der Waals surface area contributed by atoms with Crippen molar-refractivity contribution < 1.29 is 19.4 Å². The van der Waals surface area contributed by atoms with Gasteiger partial charge in [0.1, 0.15) is 6.54 Å². The van der Waals surface area contributed by atoms with Crippen molar-refractivity contribution in [2.75, 3.05) is 0 Å². The number of carboxylic acid groups (broad SMARTS) is 1. The molecule has 7 nitrogen and oxygen atoms in total. The summed E-state index contributed by atoms with van der Waals surface area (Å²) in [7, 11) is 0. The topological polar surface area (TPSA) is 106 Å². The van der Waals surface area contributed by atoms with E-state index in [2.05, 4.69) is 4.98 Å². The lowest BCUT2D eigenvalue weighted by atomic mass is 9.99. The zero-order chi connectivity index (χ0) is 18.3. The van der Waals surface area contributed by atoms with Crippen molar-refractivity contribution in [3.63, 3.8) is 0 Å². The summed E-state index contributed by atoms with van der Waals surface area (Å²) in [6, 6.07) is 12.6. The van der Waals surface area contributed by atoms with Crippen LogP contribution in [0.5, 0.6) is 0 Å². The highest BCUT2D eigenvalue weighted by molar-refractivity contribution is 5.89. The first-order valence-corrected chi connectivity index (χ1v) is 7.91. The minimum atomic E-state index is -1.12. The summed E-state index contributed by atoms with van der Waals surface area (Å²) in [6.07, 6.45) is 1.67. The Hall–Kier alpha value is -3.45.